The van der Waals surface area contributed by atoms with E-state index in [1.807, 2.05) is 0 Å². The zero-order valence-electron chi connectivity index (χ0n) is 16.2. The summed E-state index contributed by atoms with van der Waals surface area (Å²) >= 11 is 0. The maximum Gasteiger partial charge on any atom is 0.346 e. The van der Waals surface area contributed by atoms with E-state index in [4.69, 9.17) is 9.47 Å². The molecule has 3 nitrogen and oxygen atoms in total. The lowest BCUT2D eigenvalue weighted by molar-refractivity contribution is 0.0721. The highest BCUT2D eigenvalue weighted by Gasteiger charge is 2.20. The predicted octanol–water partition coefficient (Wildman–Crippen LogP) is 5.98. The molecule has 0 spiro atoms. The SMILES string of the molecule is CCCCCCCc1ccc(C(=O)Oc2ccc(COC)c(F)c2F)c(F)c1. The van der Waals surface area contributed by atoms with Gasteiger partial charge in [0, 0.05) is 12.7 Å². The molecule has 0 saturated heterocycles. The van der Waals surface area contributed by atoms with E-state index in [1.165, 1.54) is 31.7 Å². The Balaban J connectivity index is 2.03. The Morgan fingerprint density at radius 2 is 1.71 bits per heavy atom. The molecule has 0 aromatic heterocycles. The van der Waals surface area contributed by atoms with Crippen molar-refractivity contribution in [3.05, 3.63) is 64.5 Å². The predicted molar refractivity (Wildman–Crippen MR) is 101 cm³/mol. The zero-order valence-corrected chi connectivity index (χ0v) is 16.2. The van der Waals surface area contributed by atoms with Gasteiger partial charge >= 0.3 is 5.97 Å². The summed E-state index contributed by atoms with van der Waals surface area (Å²) in [6.45, 7) is 2.02. The molecule has 0 fully saturated rings. The minimum atomic E-state index is -1.31. The fourth-order valence-electron chi connectivity index (χ4n) is 2.88. The largest absolute Gasteiger partial charge is 0.420 e. The Bertz CT molecular complexity index is 806. The lowest BCUT2D eigenvalue weighted by atomic mass is 10.0. The molecule has 0 N–H and O–H groups in total. The first kappa shape index (κ1) is 22.0. The number of benzene rings is 2. The van der Waals surface area contributed by atoms with Gasteiger partial charge in [-0.05, 0) is 42.7 Å². The van der Waals surface area contributed by atoms with Gasteiger partial charge in [0.25, 0.3) is 0 Å². The molecule has 0 unspecified atom stereocenters. The molecule has 152 valence electrons. The summed E-state index contributed by atoms with van der Waals surface area (Å²) in [5.74, 6) is -4.89. The van der Waals surface area contributed by atoms with Gasteiger partial charge in [0.05, 0.1) is 12.2 Å². The topological polar surface area (TPSA) is 35.5 Å². The van der Waals surface area contributed by atoms with Crippen molar-refractivity contribution in [2.75, 3.05) is 7.11 Å². The van der Waals surface area contributed by atoms with Crippen LogP contribution < -0.4 is 4.74 Å². The van der Waals surface area contributed by atoms with Gasteiger partial charge in [-0.2, -0.15) is 4.39 Å². The van der Waals surface area contributed by atoms with Crippen LogP contribution in [0.15, 0.2) is 30.3 Å². The van der Waals surface area contributed by atoms with Gasteiger partial charge in [0.2, 0.25) is 5.82 Å². The summed E-state index contributed by atoms with van der Waals surface area (Å²) in [4.78, 5) is 12.2. The van der Waals surface area contributed by atoms with Crippen molar-refractivity contribution >= 4 is 5.97 Å². The van der Waals surface area contributed by atoms with E-state index < -0.39 is 29.2 Å². The van der Waals surface area contributed by atoms with Crippen molar-refractivity contribution in [2.45, 2.75) is 52.1 Å². The molecule has 2 aromatic rings. The fraction of sp³-hybridized carbons (Fsp3) is 0.409. The van der Waals surface area contributed by atoms with E-state index in [-0.39, 0.29) is 17.7 Å². The van der Waals surface area contributed by atoms with E-state index in [1.54, 1.807) is 6.07 Å². The molecule has 0 saturated carbocycles. The molecule has 2 aromatic carbocycles. The number of ether oxygens (including phenoxy) is 2. The third-order valence-corrected chi connectivity index (χ3v) is 4.45. The van der Waals surface area contributed by atoms with Crippen LogP contribution in [0, 0.1) is 17.5 Å². The highest BCUT2D eigenvalue weighted by molar-refractivity contribution is 5.91. The number of carbonyl (C=O) groups is 1. The number of hydrogen-bond donors (Lipinski definition) is 0. The van der Waals surface area contributed by atoms with Gasteiger partial charge in [-0.3, -0.25) is 0 Å². The van der Waals surface area contributed by atoms with Crippen molar-refractivity contribution < 1.29 is 27.4 Å². The van der Waals surface area contributed by atoms with Crippen LogP contribution in [0.4, 0.5) is 13.2 Å². The Kier molecular flexibility index (Phi) is 8.51. The monoisotopic (exact) mass is 394 g/mol. The summed E-state index contributed by atoms with van der Waals surface area (Å²) in [5, 5.41) is 0. The van der Waals surface area contributed by atoms with Crippen molar-refractivity contribution in [3.8, 4) is 5.75 Å². The molecule has 0 aliphatic rings. The van der Waals surface area contributed by atoms with Crippen LogP contribution in [0.5, 0.6) is 5.75 Å². The van der Waals surface area contributed by atoms with Gasteiger partial charge < -0.3 is 9.47 Å². The zero-order chi connectivity index (χ0) is 20.5. The van der Waals surface area contributed by atoms with E-state index in [9.17, 15) is 18.0 Å². The second kappa shape index (κ2) is 10.9. The lowest BCUT2D eigenvalue weighted by Crippen LogP contribution is -2.13. The summed E-state index contributed by atoms with van der Waals surface area (Å²) < 4.78 is 51.9. The fourth-order valence-corrected chi connectivity index (χ4v) is 2.88. The smallest absolute Gasteiger partial charge is 0.346 e. The Morgan fingerprint density at radius 1 is 0.964 bits per heavy atom. The lowest BCUT2D eigenvalue weighted by Gasteiger charge is -2.10. The number of aryl methyl sites for hydroxylation is 1. The Hall–Kier alpha value is -2.34. The average molecular weight is 394 g/mol. The van der Waals surface area contributed by atoms with Gasteiger partial charge in [0.1, 0.15) is 5.82 Å². The van der Waals surface area contributed by atoms with Gasteiger partial charge in [-0.25, -0.2) is 13.6 Å². The highest BCUT2D eigenvalue weighted by Crippen LogP contribution is 2.25. The van der Waals surface area contributed by atoms with Crippen molar-refractivity contribution in [3.63, 3.8) is 0 Å². The quantitative estimate of drug-likeness (QED) is 0.282. The standard InChI is InChI=1S/C22H25F3O3/c1-3-4-5-6-7-8-15-9-11-17(18(23)13-15)22(26)28-19-12-10-16(14-27-2)20(24)21(19)25/h9-13H,3-8,14H2,1-2H3. The van der Waals surface area contributed by atoms with Crippen LogP contribution in [0.3, 0.4) is 0 Å². The highest BCUT2D eigenvalue weighted by atomic mass is 19.2. The molecule has 0 bridgehead atoms. The molecule has 2 rings (SSSR count). The summed E-state index contributed by atoms with van der Waals surface area (Å²) in [7, 11) is 1.35. The second-order valence-electron chi connectivity index (χ2n) is 6.65. The molecular weight excluding hydrogens is 369 g/mol. The van der Waals surface area contributed by atoms with Gasteiger partial charge in [-0.1, -0.05) is 38.7 Å². The summed E-state index contributed by atoms with van der Waals surface area (Å²) in [6, 6.07) is 6.62. The minimum absolute atomic E-state index is 0.00531. The van der Waals surface area contributed by atoms with Crippen LogP contribution in [0.1, 0.15) is 60.5 Å². The van der Waals surface area contributed by atoms with Crippen LogP contribution in [-0.2, 0) is 17.8 Å². The van der Waals surface area contributed by atoms with E-state index in [0.29, 0.717) is 0 Å². The first-order valence-electron chi connectivity index (χ1n) is 9.44. The number of halogens is 3. The van der Waals surface area contributed by atoms with Crippen molar-refractivity contribution in [2.24, 2.45) is 0 Å². The van der Waals surface area contributed by atoms with Gasteiger partial charge in [-0.15, -0.1) is 0 Å². The molecule has 0 aliphatic carbocycles. The van der Waals surface area contributed by atoms with Crippen molar-refractivity contribution in [1.29, 1.82) is 0 Å². The molecule has 0 radical (unpaired) electrons. The third kappa shape index (κ3) is 5.83. The molecule has 28 heavy (non-hydrogen) atoms. The molecule has 0 atom stereocenters. The second-order valence-corrected chi connectivity index (χ2v) is 6.65. The number of methoxy groups -OCH3 is 1. The van der Waals surface area contributed by atoms with E-state index >= 15 is 0 Å². The van der Waals surface area contributed by atoms with Crippen LogP contribution in [0.2, 0.25) is 0 Å². The van der Waals surface area contributed by atoms with Crippen LogP contribution >= 0.6 is 0 Å². The van der Waals surface area contributed by atoms with E-state index in [2.05, 4.69) is 6.92 Å². The Morgan fingerprint density at radius 3 is 2.39 bits per heavy atom. The summed E-state index contributed by atoms with van der Waals surface area (Å²) in [5.41, 5.74) is 0.455. The van der Waals surface area contributed by atoms with Crippen LogP contribution in [0.25, 0.3) is 0 Å². The molecule has 0 amide bonds. The molecule has 6 heteroatoms. The average Bonchev–Trinajstić information content (AvgIpc) is 2.67. The van der Waals surface area contributed by atoms with Gasteiger partial charge in [0.15, 0.2) is 11.6 Å². The molecule has 0 aliphatic heterocycles. The van der Waals surface area contributed by atoms with Crippen LogP contribution in [-0.4, -0.2) is 13.1 Å². The number of hydrogen-bond acceptors (Lipinski definition) is 3. The number of unbranched alkanes of at least 4 members (excludes halogenated alkanes) is 4. The third-order valence-electron chi connectivity index (χ3n) is 4.45. The van der Waals surface area contributed by atoms with E-state index in [0.717, 1.165) is 43.7 Å². The first-order valence-corrected chi connectivity index (χ1v) is 9.44. The minimum Gasteiger partial charge on any atom is -0.420 e. The number of esters is 1. The summed E-state index contributed by atoms with van der Waals surface area (Å²) in [6.07, 6.45) is 6.23. The number of rotatable bonds is 10. The number of carbonyl (C=O) groups excluding carboxylic acids is 1. The van der Waals surface area contributed by atoms with Crippen molar-refractivity contribution in [1.82, 2.24) is 0 Å². The Labute approximate surface area is 163 Å². The molecule has 0 heterocycles. The first-order chi connectivity index (χ1) is 13.5. The maximum atomic E-state index is 14.3. The molecular formula is C22H25F3O3. The maximum absolute atomic E-state index is 14.3. The normalized spacial score (nSPS) is 10.9.